The van der Waals surface area contributed by atoms with Crippen LogP contribution in [0.5, 0.6) is 11.5 Å². The summed E-state index contributed by atoms with van der Waals surface area (Å²) in [5, 5.41) is 15.7. The molecule has 0 bridgehead atoms. The van der Waals surface area contributed by atoms with E-state index in [2.05, 4.69) is 10.6 Å². The summed E-state index contributed by atoms with van der Waals surface area (Å²) in [5.41, 5.74) is 0.796. The number of benzene rings is 2. The van der Waals surface area contributed by atoms with Crippen molar-refractivity contribution in [2.45, 2.75) is 25.3 Å². The lowest BCUT2D eigenvalue weighted by Crippen LogP contribution is -2.43. The Bertz CT molecular complexity index is 869. The van der Waals surface area contributed by atoms with E-state index in [-0.39, 0.29) is 29.9 Å². The lowest BCUT2D eigenvalue weighted by molar-refractivity contribution is -0.142. The summed E-state index contributed by atoms with van der Waals surface area (Å²) in [6, 6.07) is 12.2. The summed E-state index contributed by atoms with van der Waals surface area (Å²) < 4.78 is 9.94. The number of hydrogen-bond donors (Lipinski definition) is 3. The highest BCUT2D eigenvalue weighted by atomic mass is 16.5. The predicted octanol–water partition coefficient (Wildman–Crippen LogP) is 1.81. The van der Waals surface area contributed by atoms with Gasteiger partial charge in [-0.25, -0.2) is 4.79 Å². The topological polar surface area (TPSA) is 114 Å². The summed E-state index contributed by atoms with van der Waals surface area (Å²) >= 11 is 0. The van der Waals surface area contributed by atoms with Crippen molar-refractivity contribution in [3.8, 4) is 11.5 Å². The molecule has 1 atom stereocenters. The van der Waals surface area contributed by atoms with Crippen molar-refractivity contribution in [3.63, 3.8) is 0 Å². The van der Waals surface area contributed by atoms with Gasteiger partial charge in [-0.3, -0.25) is 9.59 Å². The molecule has 30 heavy (non-hydrogen) atoms. The maximum atomic E-state index is 12.6. The molecule has 8 heteroatoms. The highest BCUT2D eigenvalue weighted by Gasteiger charge is 2.24. The Labute approximate surface area is 175 Å². The minimum atomic E-state index is -0.922. The van der Waals surface area contributed by atoms with E-state index in [1.807, 2.05) is 30.3 Å². The van der Waals surface area contributed by atoms with Gasteiger partial charge in [0.1, 0.15) is 17.5 Å². The van der Waals surface area contributed by atoms with E-state index in [4.69, 9.17) is 9.47 Å². The van der Waals surface area contributed by atoms with Crippen LogP contribution in [0.2, 0.25) is 0 Å². The summed E-state index contributed by atoms with van der Waals surface area (Å²) in [7, 11) is 3.03. The maximum Gasteiger partial charge on any atom is 0.328 e. The normalized spacial score (nSPS) is 11.4. The zero-order chi connectivity index (χ0) is 21.9. The molecular formula is C22H26N2O6. The second-order valence-electron chi connectivity index (χ2n) is 6.60. The molecule has 0 aromatic heterocycles. The summed E-state index contributed by atoms with van der Waals surface area (Å²) in [6.45, 7) is 0.684. The van der Waals surface area contributed by atoms with Crippen molar-refractivity contribution in [1.82, 2.24) is 10.6 Å². The van der Waals surface area contributed by atoms with Gasteiger partial charge in [-0.15, -0.1) is 0 Å². The van der Waals surface area contributed by atoms with Crippen LogP contribution in [-0.4, -0.2) is 49.7 Å². The number of methoxy groups -OCH3 is 1. The second kappa shape index (κ2) is 11.6. The lowest BCUT2D eigenvalue weighted by Gasteiger charge is -2.17. The van der Waals surface area contributed by atoms with Gasteiger partial charge in [0, 0.05) is 18.9 Å². The van der Waals surface area contributed by atoms with E-state index in [0.717, 1.165) is 5.56 Å². The highest BCUT2D eigenvalue weighted by molar-refractivity contribution is 5.99. The number of carbonyl (C=O) groups excluding carboxylic acids is 3. The molecule has 0 radical (unpaired) electrons. The maximum absolute atomic E-state index is 12.6. The Morgan fingerprint density at radius 1 is 1.10 bits per heavy atom. The molecule has 8 nitrogen and oxygen atoms in total. The van der Waals surface area contributed by atoms with Gasteiger partial charge in [-0.05, 0) is 37.7 Å². The quantitative estimate of drug-likeness (QED) is 0.309. The number of carbonyl (C=O) groups is 3. The fourth-order valence-corrected chi connectivity index (χ4v) is 2.78. The number of nitrogens with one attached hydrogen (secondary N) is 2. The van der Waals surface area contributed by atoms with Crippen molar-refractivity contribution in [2.75, 3.05) is 20.7 Å². The number of phenols is 1. The number of phenolic OH excluding ortho intramolecular Hbond substituents is 1. The van der Waals surface area contributed by atoms with Gasteiger partial charge in [0.2, 0.25) is 0 Å². The molecule has 0 heterocycles. The van der Waals surface area contributed by atoms with Crippen LogP contribution >= 0.6 is 0 Å². The molecule has 160 valence electrons. The van der Waals surface area contributed by atoms with Crippen LogP contribution in [0.4, 0.5) is 0 Å². The third-order valence-electron chi connectivity index (χ3n) is 4.33. The summed E-state index contributed by atoms with van der Waals surface area (Å²) in [5.74, 6) is -1.91. The second-order valence-corrected chi connectivity index (χ2v) is 6.60. The molecule has 0 fully saturated rings. The van der Waals surface area contributed by atoms with Gasteiger partial charge in [0.15, 0.2) is 0 Å². The number of ether oxygens (including phenoxy) is 2. The van der Waals surface area contributed by atoms with E-state index in [1.165, 1.54) is 25.3 Å². The molecule has 1 amide bonds. The Morgan fingerprint density at radius 2 is 1.83 bits per heavy atom. The van der Waals surface area contributed by atoms with E-state index < -0.39 is 23.9 Å². The average molecular weight is 414 g/mol. The van der Waals surface area contributed by atoms with Gasteiger partial charge in [0.05, 0.1) is 12.7 Å². The van der Waals surface area contributed by atoms with Gasteiger partial charge < -0.3 is 25.2 Å². The third kappa shape index (κ3) is 6.89. The number of hydrogen-bond acceptors (Lipinski definition) is 7. The van der Waals surface area contributed by atoms with Crippen molar-refractivity contribution in [1.29, 1.82) is 0 Å². The smallest absolute Gasteiger partial charge is 0.328 e. The Balaban J connectivity index is 2.05. The highest BCUT2D eigenvalue weighted by Crippen LogP contribution is 2.24. The molecule has 2 aromatic carbocycles. The average Bonchev–Trinajstić information content (AvgIpc) is 2.73. The van der Waals surface area contributed by atoms with Crippen molar-refractivity contribution < 1.29 is 29.0 Å². The predicted molar refractivity (Wildman–Crippen MR) is 110 cm³/mol. The molecule has 2 aromatic rings. The van der Waals surface area contributed by atoms with E-state index in [9.17, 15) is 19.5 Å². The van der Waals surface area contributed by atoms with Crippen molar-refractivity contribution >= 4 is 17.8 Å². The number of amides is 1. The van der Waals surface area contributed by atoms with Crippen molar-refractivity contribution in [3.05, 3.63) is 59.7 Å². The Morgan fingerprint density at radius 3 is 2.47 bits per heavy atom. The largest absolute Gasteiger partial charge is 0.507 e. The van der Waals surface area contributed by atoms with E-state index in [0.29, 0.717) is 13.0 Å². The number of rotatable bonds is 10. The molecule has 0 aliphatic rings. The van der Waals surface area contributed by atoms with Crippen LogP contribution in [0.3, 0.4) is 0 Å². The Kier molecular flexibility index (Phi) is 8.83. The fraction of sp³-hybridized carbons (Fsp3) is 0.318. The molecule has 0 spiro atoms. The molecule has 0 aliphatic carbocycles. The van der Waals surface area contributed by atoms with Crippen molar-refractivity contribution in [2.24, 2.45) is 0 Å². The first-order valence-corrected chi connectivity index (χ1v) is 9.55. The zero-order valence-electron chi connectivity index (χ0n) is 17.0. The van der Waals surface area contributed by atoms with E-state index >= 15 is 0 Å². The first-order valence-electron chi connectivity index (χ1n) is 9.55. The Hall–Kier alpha value is -3.39. The fourth-order valence-electron chi connectivity index (χ4n) is 2.78. The molecule has 0 aliphatic heterocycles. The van der Waals surface area contributed by atoms with E-state index in [1.54, 1.807) is 7.05 Å². The minimum absolute atomic E-state index is 0.0491. The van der Waals surface area contributed by atoms with Gasteiger partial charge in [-0.2, -0.15) is 0 Å². The summed E-state index contributed by atoms with van der Waals surface area (Å²) in [4.78, 5) is 36.5. The first kappa shape index (κ1) is 22.9. The molecule has 2 rings (SSSR count). The lowest BCUT2D eigenvalue weighted by atomic mass is 10.1. The van der Waals surface area contributed by atoms with Crippen LogP contribution in [-0.2, 0) is 20.7 Å². The molecular weight excluding hydrogens is 388 g/mol. The molecule has 3 N–H and O–H groups in total. The monoisotopic (exact) mass is 414 g/mol. The minimum Gasteiger partial charge on any atom is -0.507 e. The molecule has 0 saturated heterocycles. The molecule has 0 unspecified atom stereocenters. The first-order chi connectivity index (χ1) is 14.4. The van der Waals surface area contributed by atoms with Crippen LogP contribution in [0.25, 0.3) is 0 Å². The third-order valence-corrected chi connectivity index (χ3v) is 4.33. The number of esters is 2. The SMILES string of the molecule is CNCCCC(=O)Oc1ccc(C(=O)N[C@@H](Cc2ccccc2)C(=O)OC)c(O)c1. The van der Waals surface area contributed by atoms with Crippen LogP contribution in [0.15, 0.2) is 48.5 Å². The van der Waals surface area contributed by atoms with Gasteiger partial charge in [-0.1, -0.05) is 30.3 Å². The molecule has 0 saturated carbocycles. The van der Waals surface area contributed by atoms with Crippen LogP contribution < -0.4 is 15.4 Å². The zero-order valence-corrected chi connectivity index (χ0v) is 17.0. The van der Waals surface area contributed by atoms with Crippen LogP contribution in [0.1, 0.15) is 28.8 Å². The standard InChI is InChI=1S/C22H26N2O6/c1-23-12-6-9-20(26)30-16-10-11-17(19(25)14-16)21(27)24-18(22(28)29-2)13-15-7-4-3-5-8-15/h3-5,7-8,10-11,14,18,23,25H,6,9,12-13H2,1-2H3,(H,24,27)/t18-/m0/s1. The van der Waals surface area contributed by atoms with Gasteiger partial charge in [0.25, 0.3) is 5.91 Å². The van der Waals surface area contributed by atoms with Gasteiger partial charge >= 0.3 is 11.9 Å². The number of aromatic hydroxyl groups is 1. The van der Waals surface area contributed by atoms with Crippen LogP contribution in [0, 0.1) is 0 Å². The summed E-state index contributed by atoms with van der Waals surface area (Å²) in [6.07, 6.45) is 1.09.